The van der Waals surface area contributed by atoms with E-state index >= 15 is 0 Å². The molecule has 2 heterocycles. The SMILES string of the molecule is Cc1ccc(NC(=O)c2cccc(-c3ccc(N4CCCCC4)nn3)c2)cc1. The number of hydrogen-bond donors (Lipinski definition) is 1. The summed E-state index contributed by atoms with van der Waals surface area (Å²) in [6.45, 7) is 4.11. The monoisotopic (exact) mass is 372 g/mol. The number of aromatic nitrogens is 2. The number of piperidine rings is 1. The number of aryl methyl sites for hydroxylation is 1. The highest BCUT2D eigenvalue weighted by atomic mass is 16.1. The molecule has 1 fully saturated rings. The summed E-state index contributed by atoms with van der Waals surface area (Å²) < 4.78 is 0. The summed E-state index contributed by atoms with van der Waals surface area (Å²) in [6.07, 6.45) is 3.71. The van der Waals surface area contributed by atoms with Crippen molar-refractivity contribution in [3.63, 3.8) is 0 Å². The zero-order valence-corrected chi connectivity index (χ0v) is 16.1. The molecule has 0 atom stereocenters. The quantitative estimate of drug-likeness (QED) is 0.721. The molecular weight excluding hydrogens is 348 g/mol. The minimum Gasteiger partial charge on any atom is -0.355 e. The van der Waals surface area contributed by atoms with Gasteiger partial charge in [0.1, 0.15) is 0 Å². The van der Waals surface area contributed by atoms with Crippen molar-refractivity contribution in [2.24, 2.45) is 0 Å². The second-order valence-electron chi connectivity index (χ2n) is 7.23. The van der Waals surface area contributed by atoms with E-state index in [0.717, 1.165) is 41.4 Å². The van der Waals surface area contributed by atoms with E-state index in [1.807, 2.05) is 67.6 Å². The molecule has 0 spiro atoms. The Morgan fingerprint density at radius 3 is 2.43 bits per heavy atom. The topological polar surface area (TPSA) is 58.1 Å². The Labute approximate surface area is 165 Å². The van der Waals surface area contributed by atoms with Crippen molar-refractivity contribution < 1.29 is 4.79 Å². The van der Waals surface area contributed by atoms with Crippen LogP contribution in [0.3, 0.4) is 0 Å². The molecule has 1 aliphatic heterocycles. The molecule has 0 aliphatic carbocycles. The number of nitrogens with zero attached hydrogens (tertiary/aromatic N) is 3. The van der Waals surface area contributed by atoms with Crippen LogP contribution in [0.4, 0.5) is 11.5 Å². The van der Waals surface area contributed by atoms with Crippen LogP contribution in [0.15, 0.2) is 60.7 Å². The second-order valence-corrected chi connectivity index (χ2v) is 7.23. The molecule has 1 aliphatic rings. The fraction of sp³-hybridized carbons (Fsp3) is 0.261. The van der Waals surface area contributed by atoms with Crippen LogP contribution in [-0.2, 0) is 0 Å². The average molecular weight is 372 g/mol. The van der Waals surface area contributed by atoms with Crippen molar-refractivity contribution >= 4 is 17.4 Å². The van der Waals surface area contributed by atoms with Gasteiger partial charge in [0.25, 0.3) is 5.91 Å². The lowest BCUT2D eigenvalue weighted by molar-refractivity contribution is 0.102. The normalized spacial score (nSPS) is 14.0. The van der Waals surface area contributed by atoms with Gasteiger partial charge in [-0.15, -0.1) is 10.2 Å². The summed E-state index contributed by atoms with van der Waals surface area (Å²) in [7, 11) is 0. The van der Waals surface area contributed by atoms with Crippen LogP contribution >= 0.6 is 0 Å². The zero-order chi connectivity index (χ0) is 19.3. The average Bonchev–Trinajstić information content (AvgIpc) is 2.76. The minimum atomic E-state index is -0.136. The van der Waals surface area contributed by atoms with Crippen molar-refractivity contribution in [3.8, 4) is 11.3 Å². The first-order valence-corrected chi connectivity index (χ1v) is 9.76. The highest BCUT2D eigenvalue weighted by molar-refractivity contribution is 6.04. The Hall–Kier alpha value is -3.21. The highest BCUT2D eigenvalue weighted by Crippen LogP contribution is 2.22. The molecule has 1 saturated heterocycles. The van der Waals surface area contributed by atoms with Crippen molar-refractivity contribution in [3.05, 3.63) is 71.8 Å². The molecule has 2 aromatic carbocycles. The van der Waals surface area contributed by atoms with Crippen LogP contribution < -0.4 is 10.2 Å². The molecule has 0 bridgehead atoms. The second kappa shape index (κ2) is 8.21. The Morgan fingerprint density at radius 2 is 1.71 bits per heavy atom. The molecule has 0 saturated carbocycles. The van der Waals surface area contributed by atoms with Gasteiger partial charge in [-0.3, -0.25) is 4.79 Å². The number of benzene rings is 2. The molecule has 5 nitrogen and oxygen atoms in total. The fourth-order valence-electron chi connectivity index (χ4n) is 3.43. The molecule has 3 aromatic rings. The van der Waals surface area contributed by atoms with Gasteiger partial charge in [-0.05, 0) is 62.6 Å². The van der Waals surface area contributed by atoms with Crippen molar-refractivity contribution in [1.29, 1.82) is 0 Å². The zero-order valence-electron chi connectivity index (χ0n) is 16.1. The van der Waals surface area contributed by atoms with E-state index in [9.17, 15) is 4.79 Å². The van der Waals surface area contributed by atoms with E-state index < -0.39 is 0 Å². The van der Waals surface area contributed by atoms with Crippen LogP contribution in [0.2, 0.25) is 0 Å². The molecule has 1 aromatic heterocycles. The van der Waals surface area contributed by atoms with Crippen LogP contribution in [0.25, 0.3) is 11.3 Å². The third kappa shape index (κ3) is 4.19. The Bertz CT molecular complexity index is 945. The number of amides is 1. The summed E-state index contributed by atoms with van der Waals surface area (Å²) in [6, 6.07) is 19.3. The van der Waals surface area contributed by atoms with Gasteiger partial charge >= 0.3 is 0 Å². The maximum Gasteiger partial charge on any atom is 0.255 e. The lowest BCUT2D eigenvalue weighted by atomic mass is 10.1. The Balaban J connectivity index is 1.49. The van der Waals surface area contributed by atoms with Gasteiger partial charge in [0.2, 0.25) is 0 Å². The van der Waals surface area contributed by atoms with E-state index in [-0.39, 0.29) is 5.91 Å². The van der Waals surface area contributed by atoms with E-state index in [4.69, 9.17) is 0 Å². The van der Waals surface area contributed by atoms with Crippen molar-refractivity contribution in [2.75, 3.05) is 23.3 Å². The number of carbonyl (C=O) groups excluding carboxylic acids is 1. The predicted octanol–water partition coefficient (Wildman–Crippen LogP) is 4.69. The summed E-state index contributed by atoms with van der Waals surface area (Å²) in [5.41, 5.74) is 4.19. The Kier molecular flexibility index (Phi) is 5.33. The first-order chi connectivity index (χ1) is 13.7. The van der Waals surface area contributed by atoms with Crippen LogP contribution in [-0.4, -0.2) is 29.2 Å². The maximum absolute atomic E-state index is 12.6. The molecule has 28 heavy (non-hydrogen) atoms. The summed E-state index contributed by atoms with van der Waals surface area (Å²) >= 11 is 0. The molecular formula is C23H24N4O. The van der Waals surface area contributed by atoms with Gasteiger partial charge in [-0.1, -0.05) is 29.8 Å². The number of hydrogen-bond acceptors (Lipinski definition) is 4. The number of nitrogens with one attached hydrogen (secondary N) is 1. The first kappa shape index (κ1) is 18.2. The first-order valence-electron chi connectivity index (χ1n) is 9.76. The minimum absolute atomic E-state index is 0.136. The van der Waals surface area contributed by atoms with Gasteiger partial charge in [0, 0.05) is 29.9 Å². The summed E-state index contributed by atoms with van der Waals surface area (Å²) in [4.78, 5) is 14.9. The molecule has 142 valence electrons. The third-order valence-electron chi connectivity index (χ3n) is 5.06. The third-order valence-corrected chi connectivity index (χ3v) is 5.06. The van der Waals surface area contributed by atoms with E-state index in [2.05, 4.69) is 20.4 Å². The summed E-state index contributed by atoms with van der Waals surface area (Å²) in [5, 5.41) is 11.7. The molecule has 1 amide bonds. The van der Waals surface area contributed by atoms with Crippen LogP contribution in [0, 0.1) is 6.92 Å². The van der Waals surface area contributed by atoms with Gasteiger partial charge in [0.15, 0.2) is 5.82 Å². The number of anilines is 2. The smallest absolute Gasteiger partial charge is 0.255 e. The molecule has 1 N–H and O–H groups in total. The lowest BCUT2D eigenvalue weighted by Crippen LogP contribution is -2.30. The van der Waals surface area contributed by atoms with Crippen molar-refractivity contribution in [1.82, 2.24) is 10.2 Å². The van der Waals surface area contributed by atoms with E-state index in [1.165, 1.54) is 19.3 Å². The van der Waals surface area contributed by atoms with Gasteiger partial charge in [-0.2, -0.15) is 0 Å². The Morgan fingerprint density at radius 1 is 0.929 bits per heavy atom. The van der Waals surface area contributed by atoms with E-state index in [0.29, 0.717) is 5.56 Å². The van der Waals surface area contributed by atoms with E-state index in [1.54, 1.807) is 0 Å². The lowest BCUT2D eigenvalue weighted by Gasteiger charge is -2.27. The molecule has 4 rings (SSSR count). The standard InChI is InChI=1S/C23H24N4O/c1-17-8-10-20(11-9-17)24-23(28)19-7-5-6-18(16-19)21-12-13-22(26-25-21)27-14-3-2-4-15-27/h5-13,16H,2-4,14-15H2,1H3,(H,24,28). The van der Waals surface area contributed by atoms with Gasteiger partial charge in [-0.25, -0.2) is 0 Å². The van der Waals surface area contributed by atoms with Gasteiger partial charge in [0.05, 0.1) is 5.69 Å². The predicted molar refractivity (Wildman–Crippen MR) is 113 cm³/mol. The summed E-state index contributed by atoms with van der Waals surface area (Å²) in [5.74, 6) is 0.792. The van der Waals surface area contributed by atoms with Crippen LogP contribution in [0.1, 0.15) is 35.2 Å². The molecule has 0 unspecified atom stereocenters. The molecule has 5 heteroatoms. The number of rotatable bonds is 4. The number of carbonyl (C=O) groups is 1. The van der Waals surface area contributed by atoms with Crippen LogP contribution in [0.5, 0.6) is 0 Å². The fourth-order valence-corrected chi connectivity index (χ4v) is 3.43. The largest absolute Gasteiger partial charge is 0.355 e. The van der Waals surface area contributed by atoms with Crippen molar-refractivity contribution in [2.45, 2.75) is 26.2 Å². The molecule has 0 radical (unpaired) electrons. The highest BCUT2D eigenvalue weighted by Gasteiger charge is 2.13. The maximum atomic E-state index is 12.6. The van der Waals surface area contributed by atoms with Gasteiger partial charge < -0.3 is 10.2 Å².